The van der Waals surface area contributed by atoms with Gasteiger partial charge in [-0.05, 0) is 6.07 Å². The minimum absolute atomic E-state index is 0. The van der Waals surface area contributed by atoms with Crippen molar-refractivity contribution < 1.29 is 27.6 Å². The smallest absolute Gasteiger partial charge is 0.423 e. The zero-order chi connectivity index (χ0) is 32.8. The van der Waals surface area contributed by atoms with E-state index in [0.29, 0.717) is 53.2 Å². The molecule has 0 aromatic carbocycles. The largest absolute Gasteiger partial charge is 0.491 e. The molecule has 6 heterocycles. The fourth-order valence-electron chi connectivity index (χ4n) is 5.44. The summed E-state index contributed by atoms with van der Waals surface area (Å²) in [5.74, 6) is -5.27. The first-order chi connectivity index (χ1) is 21.8. The summed E-state index contributed by atoms with van der Waals surface area (Å²) in [6, 6.07) is 1.59. The molecule has 8 rings (SSSR count). The van der Waals surface area contributed by atoms with Crippen LogP contribution in [0.1, 0.15) is 7.43 Å². The molecule has 47 heavy (non-hydrogen) atoms. The van der Waals surface area contributed by atoms with Crippen LogP contribution in [0.15, 0.2) is 49.4 Å². The van der Waals surface area contributed by atoms with Crippen molar-refractivity contribution in [3.05, 3.63) is 54.6 Å². The van der Waals surface area contributed by atoms with Crippen molar-refractivity contribution in [3.8, 4) is 11.4 Å². The van der Waals surface area contributed by atoms with Crippen molar-refractivity contribution >= 4 is 47.7 Å². The lowest BCUT2D eigenvalue weighted by molar-refractivity contribution is 0.0790. The van der Waals surface area contributed by atoms with Gasteiger partial charge in [-0.3, -0.25) is 4.98 Å². The number of anilines is 4. The number of nitrogens with two attached hydrogens (primary N) is 2. The third-order valence-electron chi connectivity index (χ3n) is 8.12. The van der Waals surface area contributed by atoms with Gasteiger partial charge in [0.05, 0.1) is 41.6 Å². The summed E-state index contributed by atoms with van der Waals surface area (Å²) in [7, 11) is -1.61. The van der Waals surface area contributed by atoms with Crippen molar-refractivity contribution in [1.29, 1.82) is 0 Å². The molecule has 0 radical (unpaired) electrons. The van der Waals surface area contributed by atoms with Crippen molar-refractivity contribution in [1.82, 2.24) is 39.9 Å². The molecule has 248 valence electrons. The van der Waals surface area contributed by atoms with E-state index in [1.807, 2.05) is 0 Å². The Morgan fingerprint density at radius 1 is 0.723 bits per heavy atom. The van der Waals surface area contributed by atoms with Crippen LogP contribution in [-0.4, -0.2) is 95.1 Å². The average Bonchev–Trinajstić information content (AvgIpc) is 3.48. The average molecular weight is 677 g/mol. The molecule has 4 fully saturated rings. The van der Waals surface area contributed by atoms with Crippen LogP contribution in [0.25, 0.3) is 11.4 Å². The van der Waals surface area contributed by atoms with Gasteiger partial charge in [-0.1, -0.05) is 19.0 Å². The molecule has 0 bridgehead atoms. The fourth-order valence-corrected chi connectivity index (χ4v) is 5.59. The summed E-state index contributed by atoms with van der Waals surface area (Å²) >= 11 is 5.39. The molecule has 2 aliphatic carbocycles. The van der Waals surface area contributed by atoms with Gasteiger partial charge in [0, 0.05) is 62.6 Å². The Labute approximate surface area is 271 Å². The molecule has 14 nitrogen and oxygen atoms in total. The molecule has 0 spiro atoms. The van der Waals surface area contributed by atoms with E-state index in [1.165, 1.54) is 24.8 Å². The number of fused-ring (bicyclic) bond motifs is 2. The lowest BCUT2D eigenvalue weighted by Gasteiger charge is -2.19. The molecule has 4 atom stereocenters. The summed E-state index contributed by atoms with van der Waals surface area (Å²) in [5.41, 5.74) is 11.6. The monoisotopic (exact) mass is 676 g/mol. The van der Waals surface area contributed by atoms with Gasteiger partial charge in [0.25, 0.3) is 11.8 Å². The maximum absolute atomic E-state index is 13.2. The fraction of sp³-hybridized carbons (Fsp3) is 0.407. The van der Waals surface area contributed by atoms with Gasteiger partial charge in [0.2, 0.25) is 11.9 Å². The third-order valence-corrected chi connectivity index (χ3v) is 8.30. The molecule has 6 N–H and O–H groups in total. The summed E-state index contributed by atoms with van der Waals surface area (Å²) < 4.78 is 52.2. The van der Waals surface area contributed by atoms with E-state index in [-0.39, 0.29) is 26.0 Å². The van der Waals surface area contributed by atoms with Crippen molar-refractivity contribution in [2.24, 2.45) is 23.7 Å². The van der Waals surface area contributed by atoms with E-state index < -0.39 is 42.6 Å². The van der Waals surface area contributed by atoms with Gasteiger partial charge < -0.3 is 31.3 Å². The number of piperidine rings is 2. The Kier molecular flexibility index (Phi) is 9.34. The van der Waals surface area contributed by atoms with E-state index in [1.54, 1.807) is 34.5 Å². The summed E-state index contributed by atoms with van der Waals surface area (Å²) in [5, 5.41) is 18.0. The van der Waals surface area contributed by atoms with Gasteiger partial charge in [0.1, 0.15) is 16.8 Å². The van der Waals surface area contributed by atoms with Crippen molar-refractivity contribution in [3.63, 3.8) is 0 Å². The summed E-state index contributed by atoms with van der Waals surface area (Å²) in [6.45, 7) is 1.15. The molecule has 2 saturated heterocycles. The number of aromatic nitrogens is 8. The first-order valence-corrected chi connectivity index (χ1v) is 14.3. The zero-order valence-electron chi connectivity index (χ0n) is 23.7. The van der Waals surface area contributed by atoms with Crippen LogP contribution in [-0.2, 0) is 0 Å². The van der Waals surface area contributed by atoms with E-state index in [0.717, 1.165) is 0 Å². The topological polar surface area (TPSA) is 202 Å². The molecular formula is C27H30BClF4N12O2. The summed E-state index contributed by atoms with van der Waals surface area (Å²) in [6.07, 6.45) is 10.2. The Balaban J connectivity index is 0.000000150. The predicted molar refractivity (Wildman–Crippen MR) is 166 cm³/mol. The maximum atomic E-state index is 13.2. The van der Waals surface area contributed by atoms with Gasteiger partial charge in [-0.15, -0.1) is 0 Å². The number of alkyl halides is 4. The van der Waals surface area contributed by atoms with Crippen molar-refractivity contribution in [2.45, 2.75) is 19.3 Å². The Morgan fingerprint density at radius 3 is 1.62 bits per heavy atom. The first-order valence-electron chi connectivity index (χ1n) is 13.9. The molecule has 2 saturated carbocycles. The lowest BCUT2D eigenvalue weighted by Crippen LogP contribution is -2.33. The standard InChI is InChI=1S/C13H12F2N6.C9H10BF2N3O2.C4H4ClN3.CH4/c14-13(15)8-5-21(6-9(8)13)12-18-3-7(4-19-12)11-17-2-1-10(16)20-11;11-9(12)6-3-15(4-7(6)9)8-13-1-5(2-14-8)10(16)17;5-3-1-7-2-4(6)8-3;/h1-4,8-9H,5-6H2,(H2,16,17,20);1-2,6-7,16-17H,3-4H2;1-2H,(H2,6,8);1H4. The van der Waals surface area contributed by atoms with E-state index in [9.17, 15) is 17.6 Å². The minimum atomic E-state index is -2.52. The highest BCUT2D eigenvalue weighted by atomic mass is 35.5. The Bertz CT molecular complexity index is 1650. The van der Waals surface area contributed by atoms with Crippen LogP contribution in [0.2, 0.25) is 5.15 Å². The molecule has 4 aliphatic rings. The molecule has 2 aliphatic heterocycles. The van der Waals surface area contributed by atoms with E-state index >= 15 is 0 Å². The van der Waals surface area contributed by atoms with Crippen LogP contribution >= 0.6 is 11.6 Å². The van der Waals surface area contributed by atoms with Crippen LogP contribution in [0.4, 0.5) is 41.1 Å². The number of hydrogen-bond donors (Lipinski definition) is 4. The second kappa shape index (κ2) is 13.0. The number of rotatable bonds is 4. The second-order valence-corrected chi connectivity index (χ2v) is 11.5. The number of nitrogens with zero attached hydrogens (tertiary/aromatic N) is 10. The highest BCUT2D eigenvalue weighted by Crippen LogP contribution is 2.60. The molecular weight excluding hydrogens is 647 g/mol. The van der Waals surface area contributed by atoms with Crippen LogP contribution in [0.3, 0.4) is 0 Å². The number of nitrogen functional groups attached to an aromatic ring is 2. The normalized spacial score (nSPS) is 23.6. The Hall–Kier alpha value is -4.49. The highest BCUT2D eigenvalue weighted by molar-refractivity contribution is 6.58. The molecule has 4 aromatic heterocycles. The van der Waals surface area contributed by atoms with E-state index in [2.05, 4.69) is 39.9 Å². The van der Waals surface area contributed by atoms with Gasteiger partial charge >= 0.3 is 7.12 Å². The molecule has 0 amide bonds. The highest BCUT2D eigenvalue weighted by Gasteiger charge is 2.72. The lowest BCUT2D eigenvalue weighted by atomic mass is 9.83. The van der Waals surface area contributed by atoms with Gasteiger partial charge in [-0.25, -0.2) is 52.4 Å². The van der Waals surface area contributed by atoms with Crippen LogP contribution in [0, 0.1) is 23.7 Å². The SMILES string of the molecule is C.Nc1ccnc(-c2cnc(N3CC4C(C3)C4(F)F)nc2)n1.Nc1cncc(Cl)n1.OB(O)c1cnc(N2CC3C(C2)C3(F)F)nc1. The van der Waals surface area contributed by atoms with Crippen LogP contribution < -0.4 is 26.7 Å². The molecule has 4 unspecified atom stereocenters. The van der Waals surface area contributed by atoms with E-state index in [4.69, 9.17) is 33.1 Å². The quantitative estimate of drug-likeness (QED) is 0.179. The van der Waals surface area contributed by atoms with Crippen molar-refractivity contribution in [2.75, 3.05) is 47.4 Å². The van der Waals surface area contributed by atoms with Gasteiger partial charge in [-0.2, -0.15) is 0 Å². The predicted octanol–water partition coefficient (Wildman–Crippen LogP) is 1.42. The second-order valence-electron chi connectivity index (χ2n) is 11.1. The number of hydrogen-bond acceptors (Lipinski definition) is 14. The minimum Gasteiger partial charge on any atom is -0.423 e. The molecule has 4 aromatic rings. The third kappa shape index (κ3) is 7.11. The van der Waals surface area contributed by atoms with Crippen LogP contribution in [0.5, 0.6) is 0 Å². The zero-order valence-corrected chi connectivity index (χ0v) is 24.5. The Morgan fingerprint density at radius 2 is 1.21 bits per heavy atom. The van der Waals surface area contributed by atoms with Gasteiger partial charge in [0.15, 0.2) is 5.82 Å². The molecule has 20 heteroatoms. The first kappa shape index (κ1) is 33.9. The number of halogens is 5. The maximum Gasteiger partial charge on any atom is 0.491 e. The summed E-state index contributed by atoms with van der Waals surface area (Å²) in [4.78, 5) is 35.3.